The van der Waals surface area contributed by atoms with Gasteiger partial charge < -0.3 is 0 Å². The van der Waals surface area contributed by atoms with Crippen LogP contribution in [0.3, 0.4) is 0 Å². The van der Waals surface area contributed by atoms with Gasteiger partial charge in [-0.15, -0.1) is 0 Å². The highest BCUT2D eigenvalue weighted by molar-refractivity contribution is 5.58. The molecule has 0 amide bonds. The molecule has 1 aromatic carbocycles. The highest BCUT2D eigenvalue weighted by Gasteiger charge is 2.03. The second-order valence-corrected chi connectivity index (χ2v) is 3.51. The first-order valence-electron chi connectivity index (χ1n) is 4.79. The van der Waals surface area contributed by atoms with E-state index in [1.54, 1.807) is 14.0 Å². The smallest absolute Gasteiger partial charge is 0.268 e. The zero-order valence-corrected chi connectivity index (χ0v) is 8.77. The fourth-order valence-electron chi connectivity index (χ4n) is 1.51. The SMILES string of the molecule is Cc1cc(-c2ccccc2)nn(C)c1=O. The number of aromatic nitrogens is 2. The molecular formula is C12H12N2O. The summed E-state index contributed by atoms with van der Waals surface area (Å²) in [6.45, 7) is 1.80. The molecule has 76 valence electrons. The fourth-order valence-corrected chi connectivity index (χ4v) is 1.51. The molecule has 0 aliphatic rings. The summed E-state index contributed by atoms with van der Waals surface area (Å²) in [6, 6.07) is 11.6. The highest BCUT2D eigenvalue weighted by Crippen LogP contribution is 2.14. The number of aryl methyl sites for hydroxylation is 2. The van der Waals surface area contributed by atoms with Gasteiger partial charge in [-0.3, -0.25) is 4.79 Å². The van der Waals surface area contributed by atoms with E-state index in [0.29, 0.717) is 5.56 Å². The van der Waals surface area contributed by atoms with Crippen LogP contribution in [0, 0.1) is 6.92 Å². The van der Waals surface area contributed by atoms with E-state index >= 15 is 0 Å². The van der Waals surface area contributed by atoms with Crippen LogP contribution in [0.2, 0.25) is 0 Å². The van der Waals surface area contributed by atoms with Crippen LogP contribution in [0.25, 0.3) is 11.3 Å². The largest absolute Gasteiger partial charge is 0.269 e. The van der Waals surface area contributed by atoms with Gasteiger partial charge in [-0.2, -0.15) is 5.10 Å². The molecule has 0 spiro atoms. The molecule has 0 fully saturated rings. The summed E-state index contributed by atoms with van der Waals surface area (Å²) < 4.78 is 1.37. The molecule has 0 unspecified atom stereocenters. The van der Waals surface area contributed by atoms with E-state index in [1.165, 1.54) is 4.68 Å². The lowest BCUT2D eigenvalue weighted by Gasteiger charge is -2.04. The lowest BCUT2D eigenvalue weighted by molar-refractivity contribution is 0.705. The standard InChI is InChI=1S/C12H12N2O/c1-9-8-11(13-14(2)12(9)15)10-6-4-3-5-7-10/h3-8H,1-2H3. The molecule has 1 heterocycles. The van der Waals surface area contributed by atoms with Gasteiger partial charge in [-0.25, -0.2) is 4.68 Å². The Bertz CT molecular complexity index is 503. The minimum atomic E-state index is -0.0466. The Morgan fingerprint density at radius 1 is 1.20 bits per heavy atom. The van der Waals surface area contributed by atoms with Crippen molar-refractivity contribution in [2.75, 3.05) is 0 Å². The van der Waals surface area contributed by atoms with Crippen molar-refractivity contribution in [2.24, 2.45) is 7.05 Å². The van der Waals surface area contributed by atoms with E-state index in [0.717, 1.165) is 11.3 Å². The highest BCUT2D eigenvalue weighted by atomic mass is 16.1. The van der Waals surface area contributed by atoms with Crippen molar-refractivity contribution in [3.8, 4) is 11.3 Å². The molecule has 0 atom stereocenters. The van der Waals surface area contributed by atoms with Gasteiger partial charge in [0.2, 0.25) is 0 Å². The van der Waals surface area contributed by atoms with Gasteiger partial charge in [0.1, 0.15) is 0 Å². The summed E-state index contributed by atoms with van der Waals surface area (Å²) in [7, 11) is 1.67. The lowest BCUT2D eigenvalue weighted by Crippen LogP contribution is -2.21. The quantitative estimate of drug-likeness (QED) is 0.703. The van der Waals surface area contributed by atoms with Crippen LogP contribution in [0.5, 0.6) is 0 Å². The van der Waals surface area contributed by atoms with Crippen LogP contribution >= 0.6 is 0 Å². The van der Waals surface area contributed by atoms with E-state index in [4.69, 9.17) is 0 Å². The maximum absolute atomic E-state index is 11.5. The van der Waals surface area contributed by atoms with Gasteiger partial charge in [0, 0.05) is 18.2 Å². The van der Waals surface area contributed by atoms with E-state index < -0.39 is 0 Å². The predicted octanol–water partition coefficient (Wildman–Crippen LogP) is 1.76. The third-order valence-corrected chi connectivity index (χ3v) is 2.31. The van der Waals surface area contributed by atoms with Crippen LogP contribution in [-0.4, -0.2) is 9.78 Å². The van der Waals surface area contributed by atoms with Crippen molar-refractivity contribution in [3.63, 3.8) is 0 Å². The molecule has 0 radical (unpaired) electrons. The van der Waals surface area contributed by atoms with E-state index in [2.05, 4.69) is 5.10 Å². The second-order valence-electron chi connectivity index (χ2n) is 3.51. The first kappa shape index (κ1) is 9.65. The van der Waals surface area contributed by atoms with Crippen LogP contribution in [0.1, 0.15) is 5.56 Å². The van der Waals surface area contributed by atoms with Crippen molar-refractivity contribution < 1.29 is 0 Å². The van der Waals surface area contributed by atoms with Gasteiger partial charge in [-0.1, -0.05) is 30.3 Å². The molecule has 0 aliphatic carbocycles. The molecule has 3 heteroatoms. The number of rotatable bonds is 1. The van der Waals surface area contributed by atoms with Crippen molar-refractivity contribution in [1.29, 1.82) is 0 Å². The van der Waals surface area contributed by atoms with Crippen LogP contribution in [0.4, 0.5) is 0 Å². The van der Waals surface area contributed by atoms with Crippen molar-refractivity contribution in [2.45, 2.75) is 6.92 Å². The molecule has 3 nitrogen and oxygen atoms in total. The second kappa shape index (κ2) is 3.69. The Morgan fingerprint density at radius 3 is 2.47 bits per heavy atom. The monoisotopic (exact) mass is 200 g/mol. The van der Waals surface area contributed by atoms with Gasteiger partial charge in [0.15, 0.2) is 0 Å². The predicted molar refractivity (Wildman–Crippen MR) is 59.7 cm³/mol. The maximum Gasteiger partial charge on any atom is 0.269 e. The Hall–Kier alpha value is -1.90. The number of nitrogens with zero attached hydrogens (tertiary/aromatic N) is 2. The third-order valence-electron chi connectivity index (χ3n) is 2.31. The average molecular weight is 200 g/mol. The Morgan fingerprint density at radius 2 is 1.87 bits per heavy atom. The molecule has 0 N–H and O–H groups in total. The van der Waals surface area contributed by atoms with Crippen LogP contribution in [-0.2, 0) is 7.05 Å². The Labute approximate surface area is 88.0 Å². The number of hydrogen-bond donors (Lipinski definition) is 0. The maximum atomic E-state index is 11.5. The summed E-state index contributed by atoms with van der Waals surface area (Å²) in [6.07, 6.45) is 0. The van der Waals surface area contributed by atoms with Crippen LogP contribution in [0.15, 0.2) is 41.2 Å². The van der Waals surface area contributed by atoms with Crippen molar-refractivity contribution >= 4 is 0 Å². The summed E-state index contributed by atoms with van der Waals surface area (Å²) in [5.41, 5.74) is 2.52. The summed E-state index contributed by atoms with van der Waals surface area (Å²) in [5.74, 6) is 0. The minimum absolute atomic E-state index is 0.0466. The zero-order chi connectivity index (χ0) is 10.8. The topological polar surface area (TPSA) is 34.9 Å². The molecule has 0 bridgehead atoms. The molecule has 0 saturated carbocycles. The number of benzene rings is 1. The molecule has 0 aliphatic heterocycles. The minimum Gasteiger partial charge on any atom is -0.268 e. The van der Waals surface area contributed by atoms with Crippen molar-refractivity contribution in [3.05, 3.63) is 52.3 Å². The molecule has 2 aromatic rings. The Kier molecular flexibility index (Phi) is 2.37. The van der Waals surface area contributed by atoms with E-state index in [1.807, 2.05) is 36.4 Å². The number of hydrogen-bond acceptors (Lipinski definition) is 2. The van der Waals surface area contributed by atoms with Gasteiger partial charge in [-0.05, 0) is 13.0 Å². The van der Waals surface area contributed by atoms with Gasteiger partial charge >= 0.3 is 0 Å². The summed E-state index contributed by atoms with van der Waals surface area (Å²) >= 11 is 0. The van der Waals surface area contributed by atoms with E-state index in [-0.39, 0.29) is 5.56 Å². The third kappa shape index (κ3) is 1.81. The first-order chi connectivity index (χ1) is 7.18. The van der Waals surface area contributed by atoms with Gasteiger partial charge in [0.05, 0.1) is 5.69 Å². The summed E-state index contributed by atoms with van der Waals surface area (Å²) in [5, 5.41) is 4.21. The lowest BCUT2D eigenvalue weighted by atomic mass is 10.1. The first-order valence-corrected chi connectivity index (χ1v) is 4.79. The normalized spacial score (nSPS) is 10.3. The van der Waals surface area contributed by atoms with E-state index in [9.17, 15) is 4.79 Å². The van der Waals surface area contributed by atoms with Crippen LogP contribution < -0.4 is 5.56 Å². The van der Waals surface area contributed by atoms with Crippen molar-refractivity contribution in [1.82, 2.24) is 9.78 Å². The molecular weight excluding hydrogens is 188 g/mol. The zero-order valence-electron chi connectivity index (χ0n) is 8.77. The molecule has 2 rings (SSSR count). The van der Waals surface area contributed by atoms with Gasteiger partial charge in [0.25, 0.3) is 5.56 Å². The molecule has 15 heavy (non-hydrogen) atoms. The fraction of sp³-hybridized carbons (Fsp3) is 0.167. The average Bonchev–Trinajstić information content (AvgIpc) is 2.26. The Balaban J connectivity index is 2.61. The molecule has 0 saturated heterocycles. The summed E-state index contributed by atoms with van der Waals surface area (Å²) in [4.78, 5) is 11.5. The molecule has 1 aromatic heterocycles.